The van der Waals surface area contributed by atoms with Crippen molar-refractivity contribution in [3.63, 3.8) is 0 Å². The third-order valence-electron chi connectivity index (χ3n) is 5.15. The van der Waals surface area contributed by atoms with Crippen LogP contribution < -0.4 is 9.62 Å². The molecule has 0 saturated carbocycles. The first-order chi connectivity index (χ1) is 14.5. The highest BCUT2D eigenvalue weighted by molar-refractivity contribution is 7.92. The van der Waals surface area contributed by atoms with Gasteiger partial charge < -0.3 is 5.32 Å². The molecule has 0 aliphatic rings. The normalized spacial score (nSPS) is 11.3. The van der Waals surface area contributed by atoms with Gasteiger partial charge in [-0.15, -0.1) is 0 Å². The maximum atomic E-state index is 12.7. The lowest BCUT2D eigenvalue weighted by Gasteiger charge is -2.23. The van der Waals surface area contributed by atoms with Gasteiger partial charge in [0.2, 0.25) is 10.0 Å². The zero-order valence-corrected chi connectivity index (χ0v) is 19.4. The van der Waals surface area contributed by atoms with Gasteiger partial charge in [-0.3, -0.25) is 9.10 Å². The average Bonchev–Trinajstić information content (AvgIpc) is 2.68. The summed E-state index contributed by atoms with van der Waals surface area (Å²) in [5.74, 6) is -0.194. The number of hydrogen-bond acceptors (Lipinski definition) is 3. The van der Waals surface area contributed by atoms with Crippen LogP contribution >= 0.6 is 0 Å². The fourth-order valence-electron chi connectivity index (χ4n) is 3.67. The Balaban J connectivity index is 1.80. The van der Waals surface area contributed by atoms with Crippen LogP contribution in [0.3, 0.4) is 0 Å². The van der Waals surface area contributed by atoms with E-state index in [1.165, 1.54) is 10.6 Å². The third-order valence-corrected chi connectivity index (χ3v) is 6.29. The van der Waals surface area contributed by atoms with Crippen LogP contribution in [0.15, 0.2) is 60.7 Å². The predicted octanol–water partition coefficient (Wildman–Crippen LogP) is 5.14. The van der Waals surface area contributed by atoms with E-state index in [9.17, 15) is 13.2 Å². The van der Waals surface area contributed by atoms with Crippen molar-refractivity contribution >= 4 is 27.3 Å². The standard InChI is InChI=1S/C25H28N2O3S/c1-17-7-6-8-23(15-17)27(31(5,29)30)16-21-9-11-22(12-10-21)25(28)26-24-19(3)13-18(2)14-20(24)4/h6-15H,16H2,1-5H3,(H,26,28). The number of rotatable bonds is 6. The van der Waals surface area contributed by atoms with Gasteiger partial charge in [-0.25, -0.2) is 8.42 Å². The van der Waals surface area contributed by atoms with Crippen molar-refractivity contribution in [2.45, 2.75) is 34.2 Å². The minimum Gasteiger partial charge on any atom is -0.322 e. The maximum Gasteiger partial charge on any atom is 0.255 e. The molecule has 0 saturated heterocycles. The quantitative estimate of drug-likeness (QED) is 0.582. The predicted molar refractivity (Wildman–Crippen MR) is 127 cm³/mol. The van der Waals surface area contributed by atoms with E-state index in [2.05, 4.69) is 5.32 Å². The van der Waals surface area contributed by atoms with Crippen LogP contribution in [0.5, 0.6) is 0 Å². The van der Waals surface area contributed by atoms with E-state index in [0.29, 0.717) is 11.3 Å². The summed E-state index contributed by atoms with van der Waals surface area (Å²) in [5.41, 5.74) is 6.93. The molecule has 0 bridgehead atoms. The Morgan fingerprint density at radius 2 is 1.48 bits per heavy atom. The number of nitrogens with zero attached hydrogens (tertiary/aromatic N) is 1. The zero-order valence-electron chi connectivity index (χ0n) is 18.6. The molecule has 3 aromatic rings. The van der Waals surface area contributed by atoms with Crippen molar-refractivity contribution in [3.8, 4) is 0 Å². The molecule has 3 aromatic carbocycles. The monoisotopic (exact) mass is 436 g/mol. The first kappa shape index (κ1) is 22.6. The molecule has 0 radical (unpaired) electrons. The molecule has 3 rings (SSSR count). The van der Waals surface area contributed by atoms with Gasteiger partial charge in [0.05, 0.1) is 18.5 Å². The molecule has 0 spiro atoms. The van der Waals surface area contributed by atoms with Crippen molar-refractivity contribution < 1.29 is 13.2 Å². The fourth-order valence-corrected chi connectivity index (χ4v) is 4.55. The minimum atomic E-state index is -3.46. The number of hydrogen-bond donors (Lipinski definition) is 1. The molecule has 162 valence electrons. The Morgan fingerprint density at radius 1 is 0.871 bits per heavy atom. The number of anilines is 2. The van der Waals surface area contributed by atoms with E-state index in [-0.39, 0.29) is 12.5 Å². The highest BCUT2D eigenvalue weighted by Crippen LogP contribution is 2.24. The van der Waals surface area contributed by atoms with Gasteiger partial charge in [0.1, 0.15) is 0 Å². The second-order valence-electron chi connectivity index (χ2n) is 8.03. The summed E-state index contributed by atoms with van der Waals surface area (Å²) in [4.78, 5) is 12.7. The lowest BCUT2D eigenvalue weighted by Crippen LogP contribution is -2.29. The van der Waals surface area contributed by atoms with Gasteiger partial charge >= 0.3 is 0 Å². The summed E-state index contributed by atoms with van der Waals surface area (Å²) in [6, 6.07) is 18.5. The molecule has 0 aliphatic heterocycles. The summed E-state index contributed by atoms with van der Waals surface area (Å²) < 4.78 is 26.1. The second-order valence-corrected chi connectivity index (χ2v) is 9.94. The van der Waals surface area contributed by atoms with Gasteiger partial charge in [0.25, 0.3) is 5.91 Å². The molecule has 0 fully saturated rings. The Labute approximate surface area is 184 Å². The molecule has 0 atom stereocenters. The van der Waals surface area contributed by atoms with Crippen LogP contribution in [0.25, 0.3) is 0 Å². The van der Waals surface area contributed by atoms with E-state index in [4.69, 9.17) is 0 Å². The molecule has 0 heterocycles. The number of carbonyl (C=O) groups excluding carboxylic acids is 1. The van der Waals surface area contributed by atoms with Crippen LogP contribution in [0.2, 0.25) is 0 Å². The highest BCUT2D eigenvalue weighted by Gasteiger charge is 2.18. The van der Waals surface area contributed by atoms with Crippen LogP contribution in [0.4, 0.5) is 11.4 Å². The van der Waals surface area contributed by atoms with Crippen molar-refractivity contribution in [2.75, 3.05) is 15.9 Å². The summed E-state index contributed by atoms with van der Waals surface area (Å²) in [6.07, 6.45) is 1.20. The van der Waals surface area contributed by atoms with E-state index in [0.717, 1.165) is 33.5 Å². The van der Waals surface area contributed by atoms with Gasteiger partial charge in [0, 0.05) is 11.3 Å². The van der Waals surface area contributed by atoms with E-state index >= 15 is 0 Å². The Hall–Kier alpha value is -3.12. The number of carbonyl (C=O) groups is 1. The molecule has 0 aliphatic carbocycles. The Morgan fingerprint density at radius 3 is 2.03 bits per heavy atom. The van der Waals surface area contributed by atoms with Crippen molar-refractivity contribution in [2.24, 2.45) is 0 Å². The highest BCUT2D eigenvalue weighted by atomic mass is 32.2. The summed E-state index contributed by atoms with van der Waals surface area (Å²) in [6.45, 7) is 8.10. The summed E-state index contributed by atoms with van der Waals surface area (Å²) >= 11 is 0. The van der Waals surface area contributed by atoms with Crippen molar-refractivity contribution in [1.82, 2.24) is 0 Å². The molecule has 0 aromatic heterocycles. The third kappa shape index (κ3) is 5.52. The summed E-state index contributed by atoms with van der Waals surface area (Å²) in [5, 5.41) is 2.99. The Bertz CT molecular complexity index is 1190. The number of amides is 1. The number of benzene rings is 3. The first-order valence-electron chi connectivity index (χ1n) is 10.1. The summed E-state index contributed by atoms with van der Waals surface area (Å²) in [7, 11) is -3.46. The lowest BCUT2D eigenvalue weighted by molar-refractivity contribution is 0.102. The van der Waals surface area contributed by atoms with Crippen LogP contribution in [-0.4, -0.2) is 20.6 Å². The Kier molecular flexibility index (Phi) is 6.51. The van der Waals surface area contributed by atoms with Crippen LogP contribution in [-0.2, 0) is 16.6 Å². The van der Waals surface area contributed by atoms with Gasteiger partial charge in [-0.1, -0.05) is 42.0 Å². The van der Waals surface area contributed by atoms with Gasteiger partial charge in [-0.05, 0) is 74.2 Å². The molecule has 1 amide bonds. The fraction of sp³-hybridized carbons (Fsp3) is 0.240. The number of aryl methyl sites for hydroxylation is 4. The molecular formula is C25H28N2O3S. The zero-order chi connectivity index (χ0) is 22.8. The van der Waals surface area contributed by atoms with Crippen molar-refractivity contribution in [3.05, 3.63) is 94.0 Å². The van der Waals surface area contributed by atoms with Crippen LogP contribution in [0.1, 0.15) is 38.2 Å². The average molecular weight is 437 g/mol. The van der Waals surface area contributed by atoms with Crippen LogP contribution in [0, 0.1) is 27.7 Å². The minimum absolute atomic E-state index is 0.194. The molecule has 5 nitrogen and oxygen atoms in total. The molecule has 6 heteroatoms. The van der Waals surface area contributed by atoms with E-state index in [1.54, 1.807) is 30.3 Å². The van der Waals surface area contributed by atoms with Gasteiger partial charge in [0.15, 0.2) is 0 Å². The number of nitrogens with one attached hydrogen (secondary N) is 1. The maximum absolute atomic E-state index is 12.7. The van der Waals surface area contributed by atoms with Gasteiger partial charge in [-0.2, -0.15) is 0 Å². The largest absolute Gasteiger partial charge is 0.322 e. The smallest absolute Gasteiger partial charge is 0.255 e. The first-order valence-corrected chi connectivity index (χ1v) is 11.9. The topological polar surface area (TPSA) is 66.5 Å². The van der Waals surface area contributed by atoms with E-state index in [1.807, 2.05) is 58.0 Å². The molecule has 1 N–H and O–H groups in total. The lowest BCUT2D eigenvalue weighted by atomic mass is 10.0. The molecule has 0 unspecified atom stereocenters. The van der Waals surface area contributed by atoms with E-state index < -0.39 is 10.0 Å². The second kappa shape index (κ2) is 8.94. The number of sulfonamides is 1. The molecule has 31 heavy (non-hydrogen) atoms. The molecular weight excluding hydrogens is 408 g/mol. The SMILES string of the molecule is Cc1cccc(N(Cc2ccc(C(=O)Nc3c(C)cc(C)cc3C)cc2)S(C)(=O)=O)c1. The van der Waals surface area contributed by atoms with Crippen molar-refractivity contribution in [1.29, 1.82) is 0 Å².